The van der Waals surface area contributed by atoms with Gasteiger partial charge in [-0.05, 0) is 24.4 Å². The van der Waals surface area contributed by atoms with E-state index in [1.165, 1.54) is 7.11 Å². The van der Waals surface area contributed by atoms with Gasteiger partial charge in [0.1, 0.15) is 0 Å². The van der Waals surface area contributed by atoms with E-state index in [-0.39, 0.29) is 11.9 Å². The number of hydrogen-bond donors (Lipinski definition) is 0. The van der Waals surface area contributed by atoms with Crippen LogP contribution < -0.4 is 0 Å². The lowest BCUT2D eigenvalue weighted by molar-refractivity contribution is -0.144. The summed E-state index contributed by atoms with van der Waals surface area (Å²) in [6, 6.07) is 3.90. The number of likely N-dealkylation sites (tertiary alicyclic amines) is 1. The van der Waals surface area contributed by atoms with Crippen molar-refractivity contribution in [3.05, 3.63) is 23.3 Å². The van der Waals surface area contributed by atoms with E-state index in [1.807, 2.05) is 17.5 Å². The highest BCUT2D eigenvalue weighted by Crippen LogP contribution is 2.24. The molecular weight excluding hydrogens is 278 g/mol. The van der Waals surface area contributed by atoms with Gasteiger partial charge in [-0.25, -0.2) is 0 Å². The number of aromatic nitrogens is 2. The second kappa shape index (κ2) is 5.72. The van der Waals surface area contributed by atoms with Gasteiger partial charge in [0.05, 0.1) is 24.4 Å². The van der Waals surface area contributed by atoms with Crippen LogP contribution in [0.15, 0.2) is 22.0 Å². The summed E-state index contributed by atoms with van der Waals surface area (Å²) in [5.41, 5.74) is 0. The minimum absolute atomic E-state index is 0.0383. The van der Waals surface area contributed by atoms with E-state index in [9.17, 15) is 4.79 Å². The van der Waals surface area contributed by atoms with Crippen molar-refractivity contribution in [2.24, 2.45) is 5.92 Å². The fourth-order valence-electron chi connectivity index (χ4n) is 2.35. The van der Waals surface area contributed by atoms with Gasteiger partial charge in [-0.3, -0.25) is 9.69 Å². The van der Waals surface area contributed by atoms with E-state index in [4.69, 9.17) is 9.26 Å². The minimum Gasteiger partial charge on any atom is -0.469 e. The lowest BCUT2D eigenvalue weighted by Crippen LogP contribution is -2.24. The van der Waals surface area contributed by atoms with Crippen LogP contribution in [0, 0.1) is 5.92 Å². The lowest BCUT2D eigenvalue weighted by atomic mass is 10.1. The van der Waals surface area contributed by atoms with E-state index in [2.05, 4.69) is 15.0 Å². The van der Waals surface area contributed by atoms with Gasteiger partial charge in [-0.15, -0.1) is 11.3 Å². The first-order valence-corrected chi connectivity index (χ1v) is 7.31. The van der Waals surface area contributed by atoms with Crippen molar-refractivity contribution in [2.75, 3.05) is 20.2 Å². The Morgan fingerprint density at radius 2 is 2.55 bits per heavy atom. The summed E-state index contributed by atoms with van der Waals surface area (Å²) in [5.74, 6) is 1.03. The number of methoxy groups -OCH3 is 1. The summed E-state index contributed by atoms with van der Waals surface area (Å²) in [4.78, 5) is 19.0. The summed E-state index contributed by atoms with van der Waals surface area (Å²) in [5, 5.41) is 5.96. The summed E-state index contributed by atoms with van der Waals surface area (Å²) in [6.45, 7) is 2.14. The molecule has 3 heterocycles. The van der Waals surface area contributed by atoms with Gasteiger partial charge in [-0.2, -0.15) is 4.98 Å². The highest BCUT2D eigenvalue weighted by Gasteiger charge is 2.29. The predicted molar refractivity (Wildman–Crippen MR) is 73.0 cm³/mol. The maximum absolute atomic E-state index is 11.5. The van der Waals surface area contributed by atoms with E-state index in [0.29, 0.717) is 24.8 Å². The highest BCUT2D eigenvalue weighted by atomic mass is 32.1. The molecule has 0 bridgehead atoms. The molecule has 2 aromatic rings. The monoisotopic (exact) mass is 293 g/mol. The molecule has 1 fully saturated rings. The molecule has 0 saturated carbocycles. The summed E-state index contributed by atoms with van der Waals surface area (Å²) < 4.78 is 10.0. The fourth-order valence-corrected chi connectivity index (χ4v) is 3.00. The van der Waals surface area contributed by atoms with E-state index >= 15 is 0 Å². The number of thiophene rings is 1. The minimum atomic E-state index is -0.139. The molecule has 0 N–H and O–H groups in total. The Morgan fingerprint density at radius 3 is 3.30 bits per heavy atom. The standard InChI is InChI=1S/C13H15N3O3S/c1-18-13(17)9-4-5-16(7-9)8-11-14-12(19-15-11)10-3-2-6-20-10/h2-3,6,9H,4-5,7-8H2,1H3. The molecule has 0 spiro atoms. The van der Waals surface area contributed by atoms with Crippen LogP contribution in [0.3, 0.4) is 0 Å². The van der Waals surface area contributed by atoms with Crippen LogP contribution in [0.4, 0.5) is 0 Å². The normalized spacial score (nSPS) is 19.4. The first-order chi connectivity index (χ1) is 9.76. The van der Waals surface area contributed by atoms with Crippen molar-refractivity contribution in [1.82, 2.24) is 15.0 Å². The summed E-state index contributed by atoms with van der Waals surface area (Å²) in [7, 11) is 1.43. The Morgan fingerprint density at radius 1 is 1.65 bits per heavy atom. The van der Waals surface area contributed by atoms with E-state index < -0.39 is 0 Å². The number of ether oxygens (including phenoxy) is 1. The topological polar surface area (TPSA) is 68.5 Å². The molecule has 1 atom stereocenters. The van der Waals surface area contributed by atoms with Crippen molar-refractivity contribution >= 4 is 17.3 Å². The zero-order valence-corrected chi connectivity index (χ0v) is 11.9. The Hall–Kier alpha value is -1.73. The van der Waals surface area contributed by atoms with Crippen LogP contribution >= 0.6 is 11.3 Å². The van der Waals surface area contributed by atoms with Crippen LogP contribution in [-0.2, 0) is 16.1 Å². The SMILES string of the molecule is COC(=O)C1CCN(Cc2noc(-c3cccs3)n2)C1. The van der Waals surface area contributed by atoms with Crippen molar-refractivity contribution in [1.29, 1.82) is 0 Å². The average Bonchev–Trinajstić information content (AvgIpc) is 3.19. The molecule has 6 nitrogen and oxygen atoms in total. The average molecular weight is 293 g/mol. The van der Waals surface area contributed by atoms with Crippen molar-refractivity contribution in [3.8, 4) is 10.8 Å². The fraction of sp³-hybridized carbons (Fsp3) is 0.462. The molecule has 0 aromatic carbocycles. The molecule has 1 saturated heterocycles. The zero-order chi connectivity index (χ0) is 13.9. The van der Waals surface area contributed by atoms with E-state index in [0.717, 1.165) is 17.8 Å². The van der Waals surface area contributed by atoms with Gasteiger partial charge in [0.15, 0.2) is 5.82 Å². The third-order valence-corrected chi connectivity index (χ3v) is 4.23. The highest BCUT2D eigenvalue weighted by molar-refractivity contribution is 7.13. The Bertz CT molecular complexity index is 581. The van der Waals surface area contributed by atoms with Gasteiger partial charge in [0.25, 0.3) is 5.89 Å². The van der Waals surface area contributed by atoms with Crippen LogP contribution in [0.25, 0.3) is 10.8 Å². The third-order valence-electron chi connectivity index (χ3n) is 3.37. The molecule has 0 radical (unpaired) electrons. The van der Waals surface area contributed by atoms with Gasteiger partial charge < -0.3 is 9.26 Å². The van der Waals surface area contributed by atoms with Crippen LogP contribution in [0.1, 0.15) is 12.2 Å². The number of nitrogens with zero attached hydrogens (tertiary/aromatic N) is 3. The number of esters is 1. The Labute approximate surface area is 120 Å². The van der Waals surface area contributed by atoms with Crippen molar-refractivity contribution in [2.45, 2.75) is 13.0 Å². The smallest absolute Gasteiger partial charge is 0.310 e. The quantitative estimate of drug-likeness (QED) is 0.801. The summed E-state index contributed by atoms with van der Waals surface area (Å²) >= 11 is 1.57. The molecule has 0 amide bonds. The van der Waals surface area contributed by atoms with Gasteiger partial charge >= 0.3 is 5.97 Å². The molecular formula is C13H15N3O3S. The molecule has 2 aromatic heterocycles. The van der Waals surface area contributed by atoms with Crippen LogP contribution in [0.2, 0.25) is 0 Å². The molecule has 20 heavy (non-hydrogen) atoms. The van der Waals surface area contributed by atoms with Crippen LogP contribution in [-0.4, -0.2) is 41.2 Å². The molecule has 0 aliphatic carbocycles. The Balaban J connectivity index is 1.61. The molecule has 7 heteroatoms. The van der Waals surface area contributed by atoms with Gasteiger partial charge in [-0.1, -0.05) is 11.2 Å². The number of carbonyl (C=O) groups is 1. The van der Waals surface area contributed by atoms with E-state index in [1.54, 1.807) is 11.3 Å². The van der Waals surface area contributed by atoms with Crippen molar-refractivity contribution in [3.63, 3.8) is 0 Å². The molecule has 1 aliphatic rings. The molecule has 1 aliphatic heterocycles. The number of carbonyl (C=O) groups excluding carboxylic acids is 1. The summed E-state index contributed by atoms with van der Waals surface area (Å²) in [6.07, 6.45) is 0.822. The van der Waals surface area contributed by atoms with Crippen molar-refractivity contribution < 1.29 is 14.1 Å². The van der Waals surface area contributed by atoms with Gasteiger partial charge in [0.2, 0.25) is 0 Å². The maximum atomic E-state index is 11.5. The largest absolute Gasteiger partial charge is 0.469 e. The zero-order valence-electron chi connectivity index (χ0n) is 11.1. The lowest BCUT2D eigenvalue weighted by Gasteiger charge is -2.12. The second-order valence-electron chi connectivity index (χ2n) is 4.74. The third kappa shape index (κ3) is 2.73. The first-order valence-electron chi connectivity index (χ1n) is 6.43. The molecule has 106 valence electrons. The second-order valence-corrected chi connectivity index (χ2v) is 5.68. The Kier molecular flexibility index (Phi) is 3.79. The number of rotatable bonds is 4. The maximum Gasteiger partial charge on any atom is 0.310 e. The predicted octanol–water partition coefficient (Wildman–Crippen LogP) is 1.79. The number of hydrogen-bond acceptors (Lipinski definition) is 7. The first kappa shape index (κ1) is 13.3. The molecule has 1 unspecified atom stereocenters. The molecule has 3 rings (SSSR count). The van der Waals surface area contributed by atoms with Gasteiger partial charge in [0, 0.05) is 6.54 Å². The van der Waals surface area contributed by atoms with Crippen LogP contribution in [0.5, 0.6) is 0 Å².